The molecule has 1 aromatic rings. The van der Waals surface area contributed by atoms with E-state index in [0.29, 0.717) is 10.0 Å². The van der Waals surface area contributed by atoms with Crippen LogP contribution in [0.5, 0.6) is 0 Å². The highest BCUT2D eigenvalue weighted by molar-refractivity contribution is 6.42. The predicted octanol–water partition coefficient (Wildman–Crippen LogP) is 4.17. The Morgan fingerprint density at radius 3 is 2.45 bits per heavy atom. The third-order valence-electron chi connectivity index (χ3n) is 4.09. The van der Waals surface area contributed by atoms with Gasteiger partial charge in [-0.05, 0) is 50.6 Å². The Labute approximate surface area is 129 Å². The van der Waals surface area contributed by atoms with Gasteiger partial charge in [-0.15, -0.1) is 0 Å². The second-order valence-corrected chi connectivity index (χ2v) is 6.34. The van der Waals surface area contributed by atoms with Crippen LogP contribution in [0.1, 0.15) is 38.2 Å². The summed E-state index contributed by atoms with van der Waals surface area (Å²) < 4.78 is 0. The van der Waals surface area contributed by atoms with Gasteiger partial charge in [0.2, 0.25) is 0 Å². The zero-order valence-corrected chi connectivity index (χ0v) is 13.0. The zero-order chi connectivity index (χ0) is 14.8. The molecule has 0 saturated carbocycles. The van der Waals surface area contributed by atoms with Crippen molar-refractivity contribution < 1.29 is 9.90 Å². The van der Waals surface area contributed by atoms with E-state index in [1.165, 1.54) is 6.42 Å². The Morgan fingerprint density at radius 1 is 1.25 bits per heavy atom. The van der Waals surface area contributed by atoms with Crippen LogP contribution in [0.3, 0.4) is 0 Å². The normalized spacial score (nSPS) is 19.6. The van der Waals surface area contributed by atoms with Gasteiger partial charge < -0.3 is 5.11 Å². The van der Waals surface area contributed by atoms with Crippen molar-refractivity contribution in [1.29, 1.82) is 0 Å². The van der Waals surface area contributed by atoms with Gasteiger partial charge in [-0.1, -0.05) is 35.7 Å². The summed E-state index contributed by atoms with van der Waals surface area (Å²) in [6.07, 6.45) is 3.49. The summed E-state index contributed by atoms with van der Waals surface area (Å²) in [7, 11) is 0. The molecule has 1 aliphatic heterocycles. The van der Waals surface area contributed by atoms with E-state index in [1.54, 1.807) is 12.1 Å². The van der Waals surface area contributed by atoms with Crippen LogP contribution < -0.4 is 0 Å². The second-order valence-electron chi connectivity index (χ2n) is 5.52. The Hall–Kier alpha value is -0.770. The van der Waals surface area contributed by atoms with E-state index in [2.05, 4.69) is 4.90 Å². The summed E-state index contributed by atoms with van der Waals surface area (Å²) >= 11 is 12.1. The van der Waals surface area contributed by atoms with Crippen molar-refractivity contribution >= 4 is 29.2 Å². The molecule has 1 heterocycles. The average molecular weight is 316 g/mol. The molecule has 0 radical (unpaired) electrons. The number of piperidine rings is 1. The van der Waals surface area contributed by atoms with Gasteiger partial charge >= 0.3 is 5.97 Å². The highest BCUT2D eigenvalue weighted by Gasteiger charge is 2.36. The molecule has 1 aromatic carbocycles. The summed E-state index contributed by atoms with van der Waals surface area (Å²) in [5, 5.41) is 10.2. The van der Waals surface area contributed by atoms with Crippen molar-refractivity contribution in [1.82, 2.24) is 4.90 Å². The van der Waals surface area contributed by atoms with Crippen molar-refractivity contribution in [3.63, 3.8) is 0 Å². The maximum absolute atomic E-state index is 11.3. The van der Waals surface area contributed by atoms with Crippen molar-refractivity contribution in [3.8, 4) is 0 Å². The molecule has 2 rings (SSSR count). The third-order valence-corrected chi connectivity index (χ3v) is 4.83. The monoisotopic (exact) mass is 315 g/mol. The molecule has 0 spiro atoms. The molecule has 0 aromatic heterocycles. The quantitative estimate of drug-likeness (QED) is 0.906. The zero-order valence-electron chi connectivity index (χ0n) is 11.5. The number of halogens is 2. The summed E-state index contributed by atoms with van der Waals surface area (Å²) in [4.78, 5) is 13.6. The lowest BCUT2D eigenvalue weighted by atomic mass is 9.85. The van der Waals surface area contributed by atoms with E-state index in [0.717, 1.165) is 31.5 Å². The van der Waals surface area contributed by atoms with Crippen LogP contribution in [-0.2, 0) is 10.3 Å². The molecule has 1 saturated heterocycles. The number of carboxylic acids is 1. The highest BCUT2D eigenvalue weighted by atomic mass is 35.5. The first-order valence-corrected chi connectivity index (χ1v) is 7.61. The smallest absolute Gasteiger partial charge is 0.305 e. The number of rotatable bonds is 4. The fourth-order valence-electron chi connectivity index (χ4n) is 2.91. The fourth-order valence-corrected chi connectivity index (χ4v) is 3.21. The van der Waals surface area contributed by atoms with Gasteiger partial charge in [0.25, 0.3) is 0 Å². The second kappa shape index (κ2) is 6.33. The third kappa shape index (κ3) is 3.27. The number of aliphatic carboxylic acids is 1. The molecule has 1 N–H and O–H groups in total. The summed E-state index contributed by atoms with van der Waals surface area (Å²) in [6, 6.07) is 5.41. The van der Waals surface area contributed by atoms with E-state index in [4.69, 9.17) is 23.2 Å². The van der Waals surface area contributed by atoms with E-state index in [1.807, 2.05) is 13.0 Å². The first-order valence-electron chi connectivity index (χ1n) is 6.86. The van der Waals surface area contributed by atoms with Crippen LogP contribution in [0.15, 0.2) is 18.2 Å². The summed E-state index contributed by atoms with van der Waals surface area (Å²) in [6.45, 7) is 3.82. The molecule has 1 atom stereocenters. The number of nitrogens with zero attached hydrogens (tertiary/aromatic N) is 1. The number of hydrogen-bond donors (Lipinski definition) is 1. The molecule has 0 amide bonds. The van der Waals surface area contributed by atoms with Crippen molar-refractivity contribution in [3.05, 3.63) is 33.8 Å². The van der Waals surface area contributed by atoms with Crippen LogP contribution >= 0.6 is 23.2 Å². The molecule has 3 nitrogen and oxygen atoms in total. The molecule has 1 fully saturated rings. The van der Waals surface area contributed by atoms with Gasteiger partial charge in [-0.3, -0.25) is 9.69 Å². The fraction of sp³-hybridized carbons (Fsp3) is 0.533. The average Bonchev–Trinajstić information content (AvgIpc) is 2.42. The Balaban J connectivity index is 2.38. The number of benzene rings is 1. The van der Waals surface area contributed by atoms with Crippen molar-refractivity contribution in [2.24, 2.45) is 0 Å². The minimum Gasteiger partial charge on any atom is -0.481 e. The molecule has 5 heteroatoms. The standard InChI is InChI=1S/C15H19Cl2NO2/c1-15(10-14(19)20,18-7-3-2-4-8-18)11-5-6-12(16)13(17)9-11/h5-6,9H,2-4,7-8,10H2,1H3,(H,19,20). The van der Waals surface area contributed by atoms with Crippen molar-refractivity contribution in [2.75, 3.05) is 13.1 Å². The van der Waals surface area contributed by atoms with Gasteiger partial charge in [0.15, 0.2) is 0 Å². The predicted molar refractivity (Wildman–Crippen MR) is 81.5 cm³/mol. The van der Waals surface area contributed by atoms with E-state index in [9.17, 15) is 9.90 Å². The topological polar surface area (TPSA) is 40.5 Å². The maximum atomic E-state index is 11.3. The minimum atomic E-state index is -0.802. The molecule has 0 bridgehead atoms. The molecule has 20 heavy (non-hydrogen) atoms. The van der Waals surface area contributed by atoms with Crippen LogP contribution in [0.25, 0.3) is 0 Å². The van der Waals surface area contributed by atoms with Crippen LogP contribution in [-0.4, -0.2) is 29.1 Å². The molecular formula is C15H19Cl2NO2. The minimum absolute atomic E-state index is 0.0605. The molecule has 1 unspecified atom stereocenters. The first-order chi connectivity index (χ1) is 9.43. The van der Waals surface area contributed by atoms with E-state index in [-0.39, 0.29) is 6.42 Å². The van der Waals surface area contributed by atoms with Crippen LogP contribution in [0.2, 0.25) is 10.0 Å². The number of hydrogen-bond acceptors (Lipinski definition) is 2. The van der Waals surface area contributed by atoms with Gasteiger partial charge in [-0.2, -0.15) is 0 Å². The lowest BCUT2D eigenvalue weighted by molar-refractivity contribution is -0.140. The summed E-state index contributed by atoms with van der Waals surface area (Å²) in [5.41, 5.74) is 0.372. The largest absolute Gasteiger partial charge is 0.481 e. The Kier molecular flexibility index (Phi) is 4.95. The molecule has 1 aliphatic rings. The molecule has 0 aliphatic carbocycles. The number of carboxylic acid groups (broad SMARTS) is 1. The molecule has 110 valence electrons. The van der Waals surface area contributed by atoms with Crippen LogP contribution in [0, 0.1) is 0 Å². The number of likely N-dealkylation sites (tertiary alicyclic amines) is 1. The van der Waals surface area contributed by atoms with Gasteiger partial charge in [0, 0.05) is 0 Å². The van der Waals surface area contributed by atoms with E-state index < -0.39 is 11.5 Å². The van der Waals surface area contributed by atoms with Gasteiger partial charge in [0.05, 0.1) is 22.0 Å². The number of carbonyl (C=O) groups is 1. The Morgan fingerprint density at radius 2 is 1.90 bits per heavy atom. The SMILES string of the molecule is CC(CC(=O)O)(c1ccc(Cl)c(Cl)c1)N1CCCCC1. The van der Waals surface area contributed by atoms with Crippen LogP contribution in [0.4, 0.5) is 0 Å². The van der Waals surface area contributed by atoms with Gasteiger partial charge in [-0.25, -0.2) is 0 Å². The highest BCUT2D eigenvalue weighted by Crippen LogP contribution is 2.37. The maximum Gasteiger partial charge on any atom is 0.305 e. The van der Waals surface area contributed by atoms with Gasteiger partial charge in [0.1, 0.15) is 0 Å². The van der Waals surface area contributed by atoms with E-state index >= 15 is 0 Å². The lowest BCUT2D eigenvalue weighted by Gasteiger charge is -2.43. The first kappa shape index (κ1) is 15.6. The lowest BCUT2D eigenvalue weighted by Crippen LogP contribution is -2.47. The Bertz CT molecular complexity index is 501. The summed E-state index contributed by atoms with van der Waals surface area (Å²) in [5.74, 6) is -0.802. The van der Waals surface area contributed by atoms with Crippen molar-refractivity contribution in [2.45, 2.75) is 38.1 Å². The molecular weight excluding hydrogens is 297 g/mol.